The van der Waals surface area contributed by atoms with Crippen molar-refractivity contribution in [2.75, 3.05) is 5.75 Å². The molecule has 1 unspecified atom stereocenters. The van der Waals surface area contributed by atoms with E-state index < -0.39 is 17.2 Å². The normalized spacial score (nSPS) is 11.7. The third-order valence-corrected chi connectivity index (χ3v) is 4.23. The van der Waals surface area contributed by atoms with Gasteiger partial charge in [0.2, 0.25) is 0 Å². The third-order valence-electron chi connectivity index (χ3n) is 2.94. The maximum absolute atomic E-state index is 10.7. The number of hydrogen-bond donors (Lipinski definition) is 1. The Hall–Kier alpha value is 0.290. The summed E-state index contributed by atoms with van der Waals surface area (Å²) in [5.74, 6) is -1.66. The summed E-state index contributed by atoms with van der Waals surface area (Å²) >= 11 is 1.19. The Labute approximate surface area is 148 Å². The van der Waals surface area contributed by atoms with E-state index in [9.17, 15) is 14.7 Å². The van der Waals surface area contributed by atoms with Crippen LogP contribution in [0.3, 0.4) is 0 Å². The smallest absolute Gasteiger partial charge is 0.549 e. The van der Waals surface area contributed by atoms with Gasteiger partial charge in [0, 0.05) is 0 Å². The minimum absolute atomic E-state index is 0. The van der Waals surface area contributed by atoms with E-state index in [1.54, 1.807) is 0 Å². The standard InChI is InChI=1S/C14H26O4S.Na/c1-2-3-4-5-6-7-8-9-10-19-12(14(17)18)11-13(15)16;/h12H,2-11H2,1H3,(H,15,16)(H,17,18);/q;+1/p-1. The molecule has 1 N–H and O–H groups in total. The Morgan fingerprint density at radius 1 is 1.05 bits per heavy atom. The van der Waals surface area contributed by atoms with Crippen molar-refractivity contribution in [3.8, 4) is 0 Å². The Morgan fingerprint density at radius 3 is 2.00 bits per heavy atom. The minimum atomic E-state index is -1.27. The fourth-order valence-corrected chi connectivity index (χ4v) is 2.88. The van der Waals surface area contributed by atoms with E-state index in [0.717, 1.165) is 12.8 Å². The topological polar surface area (TPSA) is 77.4 Å². The van der Waals surface area contributed by atoms with Gasteiger partial charge in [0.15, 0.2) is 0 Å². The molecular weight excluding hydrogens is 287 g/mol. The molecule has 0 saturated heterocycles. The molecule has 0 fully saturated rings. The van der Waals surface area contributed by atoms with Gasteiger partial charge in [0.05, 0.1) is 17.6 Å². The largest absolute Gasteiger partial charge is 1.00 e. The fraction of sp³-hybridized carbons (Fsp3) is 0.857. The number of unbranched alkanes of at least 4 members (excludes halogenated alkanes) is 7. The molecule has 0 aliphatic carbocycles. The number of carboxylic acids is 2. The molecule has 0 aromatic heterocycles. The average molecular weight is 312 g/mol. The molecule has 0 bridgehead atoms. The van der Waals surface area contributed by atoms with Crippen molar-refractivity contribution in [3.63, 3.8) is 0 Å². The third kappa shape index (κ3) is 14.7. The average Bonchev–Trinajstić information content (AvgIpc) is 2.34. The van der Waals surface area contributed by atoms with Crippen LogP contribution in [0.1, 0.15) is 64.7 Å². The summed E-state index contributed by atoms with van der Waals surface area (Å²) in [5.41, 5.74) is 0. The second kappa shape index (κ2) is 15.7. The minimum Gasteiger partial charge on any atom is -0.549 e. The van der Waals surface area contributed by atoms with Gasteiger partial charge >= 0.3 is 35.5 Å². The van der Waals surface area contributed by atoms with Crippen LogP contribution in [0.15, 0.2) is 0 Å². The van der Waals surface area contributed by atoms with Gasteiger partial charge in [-0.3, -0.25) is 4.79 Å². The molecule has 0 aliphatic rings. The molecule has 0 rings (SSSR count). The van der Waals surface area contributed by atoms with Gasteiger partial charge in [0.1, 0.15) is 0 Å². The second-order valence-electron chi connectivity index (χ2n) is 4.75. The first-order valence-electron chi connectivity index (χ1n) is 7.12. The number of thioether (sulfide) groups is 1. The molecule has 4 nitrogen and oxygen atoms in total. The van der Waals surface area contributed by atoms with Crippen LogP contribution in [-0.4, -0.2) is 28.0 Å². The van der Waals surface area contributed by atoms with Crippen molar-refractivity contribution in [2.24, 2.45) is 0 Å². The Kier molecular flexibility index (Phi) is 17.7. The number of hydrogen-bond acceptors (Lipinski definition) is 4. The molecule has 0 aromatic rings. The van der Waals surface area contributed by atoms with Crippen molar-refractivity contribution >= 4 is 23.7 Å². The van der Waals surface area contributed by atoms with E-state index >= 15 is 0 Å². The first kappa shape index (κ1) is 22.6. The van der Waals surface area contributed by atoms with Crippen LogP contribution in [0.5, 0.6) is 0 Å². The van der Waals surface area contributed by atoms with E-state index in [4.69, 9.17) is 5.11 Å². The summed E-state index contributed by atoms with van der Waals surface area (Å²) < 4.78 is 0. The zero-order valence-corrected chi connectivity index (χ0v) is 15.5. The van der Waals surface area contributed by atoms with Gasteiger partial charge < -0.3 is 15.0 Å². The molecule has 0 saturated carbocycles. The first-order valence-corrected chi connectivity index (χ1v) is 8.17. The number of aliphatic carboxylic acids is 2. The van der Waals surface area contributed by atoms with Crippen molar-refractivity contribution in [2.45, 2.75) is 70.0 Å². The van der Waals surface area contributed by atoms with Crippen LogP contribution in [0.4, 0.5) is 0 Å². The van der Waals surface area contributed by atoms with E-state index in [2.05, 4.69) is 6.92 Å². The Bertz CT molecular complexity index is 262. The quantitative estimate of drug-likeness (QED) is 0.365. The summed E-state index contributed by atoms with van der Waals surface area (Å²) in [6.07, 6.45) is 9.24. The van der Waals surface area contributed by atoms with Gasteiger partial charge in [-0.25, -0.2) is 0 Å². The maximum Gasteiger partial charge on any atom is 1.00 e. The van der Waals surface area contributed by atoms with Gasteiger partial charge in [-0.1, -0.05) is 51.9 Å². The van der Waals surface area contributed by atoms with E-state index in [0.29, 0.717) is 5.75 Å². The summed E-state index contributed by atoms with van der Waals surface area (Å²) in [7, 11) is 0. The summed E-state index contributed by atoms with van der Waals surface area (Å²) in [5, 5.41) is 18.4. The maximum atomic E-state index is 10.7. The molecule has 20 heavy (non-hydrogen) atoms. The predicted octanol–water partition coefficient (Wildman–Crippen LogP) is -0.542. The molecule has 0 aromatic carbocycles. The van der Waals surface area contributed by atoms with Crippen LogP contribution in [0.2, 0.25) is 0 Å². The molecule has 6 heteroatoms. The van der Waals surface area contributed by atoms with Crippen LogP contribution in [0.25, 0.3) is 0 Å². The second-order valence-corrected chi connectivity index (χ2v) is 6.06. The monoisotopic (exact) mass is 312 g/mol. The van der Waals surface area contributed by atoms with Gasteiger partial charge in [-0.05, 0) is 12.2 Å². The number of rotatable bonds is 13. The van der Waals surface area contributed by atoms with Crippen LogP contribution in [0, 0.1) is 0 Å². The Balaban J connectivity index is 0. The molecule has 0 spiro atoms. The molecule has 1 atom stereocenters. The molecule has 0 aliphatic heterocycles. The molecule has 0 heterocycles. The molecule has 112 valence electrons. The van der Waals surface area contributed by atoms with Crippen molar-refractivity contribution in [1.82, 2.24) is 0 Å². The van der Waals surface area contributed by atoms with Crippen LogP contribution >= 0.6 is 11.8 Å². The number of carbonyl (C=O) groups excluding carboxylic acids is 1. The van der Waals surface area contributed by atoms with Gasteiger partial charge in [-0.15, -0.1) is 0 Å². The van der Waals surface area contributed by atoms with Crippen LogP contribution < -0.4 is 34.7 Å². The zero-order chi connectivity index (χ0) is 14.5. The fourth-order valence-electron chi connectivity index (χ4n) is 1.83. The number of carbonyl (C=O) groups is 2. The molecule has 0 radical (unpaired) electrons. The molecule has 0 amide bonds. The Morgan fingerprint density at radius 2 is 1.55 bits per heavy atom. The van der Waals surface area contributed by atoms with E-state index in [-0.39, 0.29) is 36.0 Å². The zero-order valence-electron chi connectivity index (χ0n) is 12.7. The van der Waals surface area contributed by atoms with Crippen LogP contribution in [-0.2, 0) is 9.59 Å². The van der Waals surface area contributed by atoms with E-state index in [1.807, 2.05) is 0 Å². The van der Waals surface area contributed by atoms with Gasteiger partial charge in [-0.2, -0.15) is 11.8 Å². The molecular formula is C14H25NaO4S. The van der Waals surface area contributed by atoms with E-state index in [1.165, 1.54) is 50.3 Å². The predicted molar refractivity (Wildman–Crippen MR) is 76.1 cm³/mol. The number of carboxylic acid groups (broad SMARTS) is 2. The van der Waals surface area contributed by atoms with Gasteiger partial charge in [0.25, 0.3) is 0 Å². The van der Waals surface area contributed by atoms with Crippen molar-refractivity contribution in [3.05, 3.63) is 0 Å². The van der Waals surface area contributed by atoms with Crippen molar-refractivity contribution in [1.29, 1.82) is 0 Å². The summed E-state index contributed by atoms with van der Waals surface area (Å²) in [4.78, 5) is 21.2. The summed E-state index contributed by atoms with van der Waals surface area (Å²) in [6, 6.07) is 0. The first-order chi connectivity index (χ1) is 9.07. The SMILES string of the molecule is CCCCCCCCCCSC(CC(=O)O)C(=O)[O-].[Na+]. The summed E-state index contributed by atoms with van der Waals surface area (Å²) in [6.45, 7) is 2.20. The van der Waals surface area contributed by atoms with Crippen molar-refractivity contribution < 1.29 is 49.4 Å².